The van der Waals surface area contributed by atoms with E-state index in [1.807, 2.05) is 4.90 Å². The minimum atomic E-state index is -3.94. The monoisotopic (exact) mass is 410 g/mol. The predicted molar refractivity (Wildman–Crippen MR) is 103 cm³/mol. The van der Waals surface area contributed by atoms with E-state index < -0.39 is 15.8 Å². The van der Waals surface area contributed by atoms with Gasteiger partial charge in [-0.05, 0) is 31.0 Å². The van der Waals surface area contributed by atoms with Crippen LogP contribution in [-0.4, -0.2) is 57.7 Å². The number of halogens is 1. The molecule has 28 heavy (non-hydrogen) atoms. The van der Waals surface area contributed by atoms with Crippen molar-refractivity contribution < 1.29 is 17.5 Å². The molecule has 0 saturated carbocycles. The van der Waals surface area contributed by atoms with Gasteiger partial charge in [0.1, 0.15) is 0 Å². The lowest BCUT2D eigenvalue weighted by molar-refractivity contribution is 0.385. The number of rotatable bonds is 7. The van der Waals surface area contributed by atoms with Crippen molar-refractivity contribution in [2.75, 3.05) is 44.1 Å². The molecule has 9 nitrogen and oxygen atoms in total. The van der Waals surface area contributed by atoms with Crippen molar-refractivity contribution in [3.63, 3.8) is 0 Å². The van der Waals surface area contributed by atoms with E-state index in [1.165, 1.54) is 19.2 Å². The summed E-state index contributed by atoms with van der Waals surface area (Å²) < 4.78 is 46.1. The van der Waals surface area contributed by atoms with Crippen LogP contribution < -0.4 is 19.3 Å². The molecular weight excluding hydrogens is 387 g/mol. The number of aromatic nitrogens is 3. The molecule has 2 aromatic rings. The van der Waals surface area contributed by atoms with E-state index in [4.69, 9.17) is 4.74 Å². The van der Waals surface area contributed by atoms with Crippen LogP contribution in [0, 0.1) is 5.82 Å². The van der Waals surface area contributed by atoms with Crippen molar-refractivity contribution >= 4 is 21.9 Å². The van der Waals surface area contributed by atoms with E-state index >= 15 is 0 Å². The Labute approximate surface area is 163 Å². The quantitative estimate of drug-likeness (QED) is 0.726. The second kappa shape index (κ2) is 8.23. The second-order valence-electron chi connectivity index (χ2n) is 6.56. The van der Waals surface area contributed by atoms with Gasteiger partial charge in [-0.25, -0.2) is 17.5 Å². The zero-order chi connectivity index (χ0) is 20.3. The molecule has 11 heteroatoms. The van der Waals surface area contributed by atoms with Gasteiger partial charge in [-0.1, -0.05) is 0 Å². The first-order valence-electron chi connectivity index (χ1n) is 8.80. The first-order chi connectivity index (χ1) is 13.3. The summed E-state index contributed by atoms with van der Waals surface area (Å²) in [5.74, 6) is 0.486. The number of hydrogen-bond acceptors (Lipinski definition) is 8. The first-order valence-corrected chi connectivity index (χ1v) is 10.3. The molecular formula is C17H23FN6O3S. The lowest BCUT2D eigenvalue weighted by Crippen LogP contribution is -2.27. The van der Waals surface area contributed by atoms with Gasteiger partial charge in [-0.3, -0.25) is 0 Å². The van der Waals surface area contributed by atoms with E-state index in [-0.39, 0.29) is 23.0 Å². The third-order valence-electron chi connectivity index (χ3n) is 4.30. The highest BCUT2D eigenvalue weighted by Crippen LogP contribution is 2.21. The number of benzene rings is 1. The summed E-state index contributed by atoms with van der Waals surface area (Å²) in [5.41, 5.74) is 0. The van der Waals surface area contributed by atoms with Gasteiger partial charge in [0.2, 0.25) is 21.9 Å². The third kappa shape index (κ3) is 4.47. The molecule has 3 rings (SSSR count). The average molecular weight is 410 g/mol. The molecule has 1 N–H and O–H groups in total. The van der Waals surface area contributed by atoms with Crippen LogP contribution in [-0.2, 0) is 16.6 Å². The van der Waals surface area contributed by atoms with Crippen LogP contribution >= 0.6 is 0 Å². The van der Waals surface area contributed by atoms with E-state index in [2.05, 4.69) is 19.7 Å². The minimum Gasteiger partial charge on any atom is -0.494 e. The summed E-state index contributed by atoms with van der Waals surface area (Å²) in [6, 6.07) is 3.45. The average Bonchev–Trinajstić information content (AvgIpc) is 3.21. The van der Waals surface area contributed by atoms with Gasteiger partial charge in [0.05, 0.1) is 18.6 Å². The fraction of sp³-hybridized carbons (Fsp3) is 0.471. The Morgan fingerprint density at radius 1 is 1.21 bits per heavy atom. The van der Waals surface area contributed by atoms with Crippen LogP contribution in [0.2, 0.25) is 0 Å². The van der Waals surface area contributed by atoms with Gasteiger partial charge < -0.3 is 14.5 Å². The summed E-state index contributed by atoms with van der Waals surface area (Å²) in [6.45, 7) is 1.57. The van der Waals surface area contributed by atoms with Gasteiger partial charge >= 0.3 is 0 Å². The largest absolute Gasteiger partial charge is 0.494 e. The minimum absolute atomic E-state index is 0.0257. The summed E-state index contributed by atoms with van der Waals surface area (Å²) in [7, 11) is 0.973. The van der Waals surface area contributed by atoms with Crippen LogP contribution in [0.1, 0.15) is 18.7 Å². The van der Waals surface area contributed by atoms with Crippen LogP contribution in [0.5, 0.6) is 5.75 Å². The molecule has 1 aliphatic rings. The molecule has 0 bridgehead atoms. The van der Waals surface area contributed by atoms with E-state index in [0.717, 1.165) is 32.0 Å². The standard InChI is InChI=1S/C17H23FN6O3S/c1-23(2)16-20-15(21-17(22-16)24-8-4-5-9-24)11-19-28(25,26)12-6-7-14(27-3)13(18)10-12/h6-7,10,19H,4-5,8-9,11H2,1-3H3. The number of hydrogen-bond donors (Lipinski definition) is 1. The van der Waals surface area contributed by atoms with Gasteiger partial charge in [0, 0.05) is 27.2 Å². The summed E-state index contributed by atoms with van der Waals surface area (Å²) >= 11 is 0. The molecule has 0 unspecified atom stereocenters. The van der Waals surface area contributed by atoms with Gasteiger partial charge in [0.25, 0.3) is 0 Å². The third-order valence-corrected chi connectivity index (χ3v) is 5.70. The zero-order valence-corrected chi connectivity index (χ0v) is 16.8. The van der Waals surface area contributed by atoms with E-state index in [0.29, 0.717) is 11.9 Å². The van der Waals surface area contributed by atoms with Crippen molar-refractivity contribution in [1.82, 2.24) is 19.7 Å². The molecule has 1 fully saturated rings. The maximum absolute atomic E-state index is 13.9. The maximum atomic E-state index is 13.9. The van der Waals surface area contributed by atoms with Gasteiger partial charge in [0.15, 0.2) is 17.4 Å². The van der Waals surface area contributed by atoms with Gasteiger partial charge in [-0.15, -0.1) is 0 Å². The lowest BCUT2D eigenvalue weighted by atomic mass is 10.3. The Kier molecular flexibility index (Phi) is 5.94. The fourth-order valence-corrected chi connectivity index (χ4v) is 3.78. The van der Waals surface area contributed by atoms with Crippen molar-refractivity contribution in [1.29, 1.82) is 0 Å². The van der Waals surface area contributed by atoms with Gasteiger partial charge in [-0.2, -0.15) is 15.0 Å². The van der Waals surface area contributed by atoms with Crippen molar-refractivity contribution in [3.05, 3.63) is 29.8 Å². The molecule has 1 saturated heterocycles. The molecule has 2 heterocycles. The van der Waals surface area contributed by atoms with Crippen molar-refractivity contribution in [2.24, 2.45) is 0 Å². The SMILES string of the molecule is COc1ccc(S(=O)(=O)NCc2nc(N(C)C)nc(N3CCCC3)n2)cc1F. The Balaban J connectivity index is 1.81. The molecule has 0 spiro atoms. The highest BCUT2D eigenvalue weighted by molar-refractivity contribution is 7.89. The van der Waals surface area contributed by atoms with E-state index in [1.54, 1.807) is 19.0 Å². The van der Waals surface area contributed by atoms with Crippen molar-refractivity contribution in [3.8, 4) is 5.75 Å². The maximum Gasteiger partial charge on any atom is 0.241 e. The fourth-order valence-electron chi connectivity index (χ4n) is 2.79. The molecule has 0 aliphatic carbocycles. The topological polar surface area (TPSA) is 101 Å². The number of ether oxygens (including phenoxy) is 1. The number of methoxy groups -OCH3 is 1. The molecule has 0 radical (unpaired) electrons. The Bertz CT molecular complexity index is 948. The summed E-state index contributed by atoms with van der Waals surface area (Å²) in [4.78, 5) is 16.7. The van der Waals surface area contributed by atoms with Crippen LogP contribution in [0.3, 0.4) is 0 Å². The van der Waals surface area contributed by atoms with E-state index in [9.17, 15) is 12.8 Å². The molecule has 1 aromatic carbocycles. The summed E-state index contributed by atoms with van der Waals surface area (Å²) in [6.07, 6.45) is 2.13. The van der Waals surface area contributed by atoms with Crippen LogP contribution in [0.25, 0.3) is 0 Å². The molecule has 0 amide bonds. The van der Waals surface area contributed by atoms with Crippen LogP contribution in [0.15, 0.2) is 23.1 Å². The number of anilines is 2. The Hall–Kier alpha value is -2.53. The zero-order valence-electron chi connectivity index (χ0n) is 16.0. The highest BCUT2D eigenvalue weighted by atomic mass is 32.2. The highest BCUT2D eigenvalue weighted by Gasteiger charge is 2.20. The molecule has 1 aliphatic heterocycles. The Morgan fingerprint density at radius 2 is 1.93 bits per heavy atom. The number of nitrogens with one attached hydrogen (secondary N) is 1. The van der Waals surface area contributed by atoms with Crippen molar-refractivity contribution in [2.45, 2.75) is 24.3 Å². The number of sulfonamides is 1. The molecule has 152 valence electrons. The second-order valence-corrected chi connectivity index (χ2v) is 8.33. The normalized spacial score (nSPS) is 14.4. The summed E-state index contributed by atoms with van der Waals surface area (Å²) in [5, 5.41) is 0. The first kappa shape index (κ1) is 20.2. The number of nitrogens with zero attached hydrogens (tertiary/aromatic N) is 5. The smallest absolute Gasteiger partial charge is 0.241 e. The molecule has 1 aromatic heterocycles. The molecule has 0 atom stereocenters. The lowest BCUT2D eigenvalue weighted by Gasteiger charge is -2.19. The van der Waals surface area contributed by atoms with Crippen LogP contribution in [0.4, 0.5) is 16.3 Å². The predicted octanol–water partition coefficient (Wildman–Crippen LogP) is 1.16. The Morgan fingerprint density at radius 3 is 2.54 bits per heavy atom.